The molecule has 0 radical (unpaired) electrons. The van der Waals surface area contributed by atoms with E-state index in [0.29, 0.717) is 10.9 Å². The molecule has 0 amide bonds. The lowest BCUT2D eigenvalue weighted by Gasteiger charge is -2.13. The molecule has 0 saturated heterocycles. The van der Waals surface area contributed by atoms with Crippen molar-refractivity contribution in [3.8, 4) is 0 Å². The topological polar surface area (TPSA) is 25.2 Å². The Hall–Kier alpha value is -1.41. The fourth-order valence-corrected chi connectivity index (χ4v) is 2.61. The second-order valence-electron chi connectivity index (χ2n) is 5.68. The summed E-state index contributed by atoms with van der Waals surface area (Å²) in [5, 5.41) is 0.717. The van der Waals surface area contributed by atoms with Crippen LogP contribution in [-0.4, -0.2) is 10.7 Å². The van der Waals surface area contributed by atoms with Crippen molar-refractivity contribution < 1.29 is 0 Å². The number of aliphatic imine (C=N–C) groups is 1. The molecule has 0 saturated carbocycles. The Bertz CT molecular complexity index is 612. The van der Waals surface area contributed by atoms with Crippen LogP contribution in [0.1, 0.15) is 51.3 Å². The molecule has 2 rings (SSSR count). The van der Waals surface area contributed by atoms with E-state index in [1.165, 1.54) is 5.57 Å². The minimum absolute atomic E-state index is 0.474. The zero-order valence-corrected chi connectivity index (χ0v) is 14.0. The summed E-state index contributed by atoms with van der Waals surface area (Å²) in [5.41, 5.74) is 4.22. The molecule has 1 aromatic rings. The molecule has 1 aromatic heterocycles. The minimum atomic E-state index is 0.474. The normalized spacial score (nSPS) is 16.8. The Morgan fingerprint density at radius 1 is 1.48 bits per heavy atom. The van der Waals surface area contributed by atoms with Crippen molar-refractivity contribution in [1.29, 1.82) is 0 Å². The van der Waals surface area contributed by atoms with Crippen LogP contribution in [0.2, 0.25) is 5.02 Å². The summed E-state index contributed by atoms with van der Waals surface area (Å²) in [6.45, 7) is 8.46. The van der Waals surface area contributed by atoms with Gasteiger partial charge in [-0.15, -0.1) is 0 Å². The van der Waals surface area contributed by atoms with Crippen molar-refractivity contribution in [2.45, 2.75) is 47.0 Å². The van der Waals surface area contributed by atoms with Gasteiger partial charge in [0.25, 0.3) is 0 Å². The van der Waals surface area contributed by atoms with Crippen LogP contribution in [-0.2, 0) is 0 Å². The number of halogens is 1. The third-order valence-electron chi connectivity index (χ3n) is 4.07. The molecule has 21 heavy (non-hydrogen) atoms. The Morgan fingerprint density at radius 3 is 2.86 bits per heavy atom. The van der Waals surface area contributed by atoms with Gasteiger partial charge in [0.1, 0.15) is 0 Å². The lowest BCUT2D eigenvalue weighted by Crippen LogP contribution is -2.05. The minimum Gasteiger partial charge on any atom is -0.238 e. The average molecular weight is 303 g/mol. The quantitative estimate of drug-likeness (QED) is 0.634. The number of allylic oxidation sites excluding steroid dienone is 4. The molecule has 1 aliphatic rings. The van der Waals surface area contributed by atoms with Gasteiger partial charge < -0.3 is 0 Å². The Kier molecular flexibility index (Phi) is 5.35. The van der Waals surface area contributed by atoms with Crippen LogP contribution < -0.4 is 0 Å². The van der Waals surface area contributed by atoms with E-state index in [2.05, 4.69) is 39.0 Å². The summed E-state index contributed by atoms with van der Waals surface area (Å²) < 4.78 is 0. The number of hydrogen-bond acceptors (Lipinski definition) is 2. The summed E-state index contributed by atoms with van der Waals surface area (Å²) in [5.74, 6) is 1.27. The molecule has 2 nitrogen and oxygen atoms in total. The largest absolute Gasteiger partial charge is 0.238 e. The molecule has 112 valence electrons. The molecule has 1 atom stereocenters. The number of rotatable bonds is 4. The first-order valence-electron chi connectivity index (χ1n) is 7.61. The smallest absolute Gasteiger partial charge is 0.155 e. The van der Waals surface area contributed by atoms with Crippen molar-refractivity contribution in [1.82, 2.24) is 4.98 Å². The van der Waals surface area contributed by atoms with Crippen LogP contribution in [0, 0.1) is 12.8 Å². The molecular weight excluding hydrogens is 280 g/mol. The van der Waals surface area contributed by atoms with E-state index in [0.717, 1.165) is 42.0 Å². The lowest BCUT2D eigenvalue weighted by molar-refractivity contribution is 0.735. The van der Waals surface area contributed by atoms with Gasteiger partial charge in [0.05, 0.1) is 10.7 Å². The highest BCUT2D eigenvalue weighted by atomic mass is 35.5. The maximum Gasteiger partial charge on any atom is 0.155 e. The fourth-order valence-electron chi connectivity index (χ4n) is 2.28. The van der Waals surface area contributed by atoms with Gasteiger partial charge in [-0.05, 0) is 56.2 Å². The van der Waals surface area contributed by atoms with Crippen LogP contribution in [0.3, 0.4) is 0 Å². The Morgan fingerprint density at radius 2 is 2.24 bits per heavy atom. The Balaban J connectivity index is 2.44. The molecule has 0 bridgehead atoms. The van der Waals surface area contributed by atoms with Crippen LogP contribution in [0.4, 0.5) is 5.82 Å². The first-order chi connectivity index (χ1) is 10.0. The SMILES string of the molecule is CCC(C)/C(C)=N\c1nc(C2=CC=CCC2)c(Cl)cc1C. The van der Waals surface area contributed by atoms with Gasteiger partial charge in [-0.25, -0.2) is 9.98 Å². The van der Waals surface area contributed by atoms with Gasteiger partial charge in [0.15, 0.2) is 5.82 Å². The molecule has 1 unspecified atom stereocenters. The molecule has 0 N–H and O–H groups in total. The van der Waals surface area contributed by atoms with Crippen molar-refractivity contribution in [3.05, 3.63) is 40.6 Å². The van der Waals surface area contributed by atoms with E-state index >= 15 is 0 Å². The van der Waals surface area contributed by atoms with Gasteiger partial charge in [-0.1, -0.05) is 43.7 Å². The van der Waals surface area contributed by atoms with E-state index in [4.69, 9.17) is 21.6 Å². The van der Waals surface area contributed by atoms with E-state index < -0.39 is 0 Å². The van der Waals surface area contributed by atoms with Gasteiger partial charge in [-0.2, -0.15) is 0 Å². The van der Waals surface area contributed by atoms with Gasteiger partial charge in [0.2, 0.25) is 0 Å². The number of aromatic nitrogens is 1. The van der Waals surface area contributed by atoms with Crippen molar-refractivity contribution in [2.24, 2.45) is 10.9 Å². The van der Waals surface area contributed by atoms with Gasteiger partial charge in [0, 0.05) is 5.71 Å². The van der Waals surface area contributed by atoms with Crippen molar-refractivity contribution >= 4 is 28.7 Å². The van der Waals surface area contributed by atoms with E-state index in [9.17, 15) is 0 Å². The molecule has 1 heterocycles. The van der Waals surface area contributed by atoms with Crippen LogP contribution in [0.25, 0.3) is 5.57 Å². The summed E-state index contributed by atoms with van der Waals surface area (Å²) in [6.07, 6.45) is 9.45. The lowest BCUT2D eigenvalue weighted by atomic mass is 10.0. The molecular formula is C18H23ClN2. The molecule has 0 spiro atoms. The van der Waals surface area contributed by atoms with Crippen molar-refractivity contribution in [2.75, 3.05) is 0 Å². The highest BCUT2D eigenvalue weighted by molar-refractivity contribution is 6.32. The second kappa shape index (κ2) is 7.04. The summed E-state index contributed by atoms with van der Waals surface area (Å²) in [4.78, 5) is 9.46. The third kappa shape index (κ3) is 3.82. The van der Waals surface area contributed by atoms with E-state index in [1.54, 1.807) is 0 Å². The zero-order valence-electron chi connectivity index (χ0n) is 13.3. The molecule has 1 aliphatic carbocycles. The fraction of sp³-hybridized carbons (Fsp3) is 0.444. The highest BCUT2D eigenvalue weighted by Gasteiger charge is 2.13. The molecule has 3 heteroatoms. The number of hydrogen-bond donors (Lipinski definition) is 0. The monoisotopic (exact) mass is 302 g/mol. The summed E-state index contributed by atoms with van der Waals surface area (Å²) >= 11 is 6.39. The average Bonchev–Trinajstić information content (AvgIpc) is 2.49. The van der Waals surface area contributed by atoms with Crippen molar-refractivity contribution in [3.63, 3.8) is 0 Å². The predicted molar refractivity (Wildman–Crippen MR) is 92.6 cm³/mol. The maximum atomic E-state index is 6.39. The summed E-state index contributed by atoms with van der Waals surface area (Å²) in [7, 11) is 0. The second-order valence-corrected chi connectivity index (χ2v) is 6.09. The molecule has 0 fully saturated rings. The first kappa shape index (κ1) is 16.0. The number of pyridine rings is 1. The van der Waals surface area contributed by atoms with Crippen LogP contribution >= 0.6 is 11.6 Å². The standard InChI is InChI=1S/C18H23ClN2/c1-5-12(2)14(4)20-18-13(3)11-16(19)17(21-18)15-9-7-6-8-10-15/h6-7,9,11-12H,5,8,10H2,1-4H3/b20-14-. The predicted octanol–water partition coefficient (Wildman–Crippen LogP) is 5.92. The van der Waals surface area contributed by atoms with E-state index in [1.807, 2.05) is 13.0 Å². The van der Waals surface area contributed by atoms with Crippen LogP contribution in [0.5, 0.6) is 0 Å². The maximum absolute atomic E-state index is 6.39. The highest BCUT2D eigenvalue weighted by Crippen LogP contribution is 2.32. The first-order valence-corrected chi connectivity index (χ1v) is 7.99. The molecule has 0 aliphatic heterocycles. The third-order valence-corrected chi connectivity index (χ3v) is 4.35. The number of nitrogens with zero attached hydrogens (tertiary/aromatic N) is 2. The zero-order chi connectivity index (χ0) is 15.4. The van der Waals surface area contributed by atoms with Gasteiger partial charge >= 0.3 is 0 Å². The number of aryl methyl sites for hydroxylation is 1. The van der Waals surface area contributed by atoms with E-state index in [-0.39, 0.29) is 0 Å². The van der Waals surface area contributed by atoms with Gasteiger partial charge in [-0.3, -0.25) is 0 Å². The van der Waals surface area contributed by atoms with Crippen LogP contribution in [0.15, 0.2) is 29.3 Å². The molecule has 0 aromatic carbocycles. The summed E-state index contributed by atoms with van der Waals surface area (Å²) in [6, 6.07) is 1.98. The Labute approximate surface area is 132 Å².